The Balaban J connectivity index is 1.78. The fourth-order valence-corrected chi connectivity index (χ4v) is 2.62. The topological polar surface area (TPSA) is 123 Å². The maximum atomic E-state index is 12.2. The predicted molar refractivity (Wildman–Crippen MR) is 97.3 cm³/mol. The van der Waals surface area contributed by atoms with Gasteiger partial charge in [-0.3, -0.25) is 14.4 Å². The van der Waals surface area contributed by atoms with Gasteiger partial charge < -0.3 is 21.2 Å². The molecule has 0 aromatic heterocycles. The van der Waals surface area contributed by atoms with Crippen LogP contribution in [0.5, 0.6) is 0 Å². The van der Waals surface area contributed by atoms with Crippen molar-refractivity contribution in [3.63, 3.8) is 0 Å². The van der Waals surface area contributed by atoms with Gasteiger partial charge in [-0.2, -0.15) is 5.10 Å². The lowest BCUT2D eigenvalue weighted by Crippen LogP contribution is -2.36. The fraction of sp³-hybridized carbons (Fsp3) is 0.444. The van der Waals surface area contributed by atoms with Crippen LogP contribution < -0.4 is 16.5 Å². The van der Waals surface area contributed by atoms with E-state index >= 15 is 0 Å². The zero-order valence-corrected chi connectivity index (χ0v) is 14.9. The molecule has 0 bridgehead atoms. The van der Waals surface area contributed by atoms with Crippen molar-refractivity contribution < 1.29 is 19.1 Å². The first-order chi connectivity index (χ1) is 12.4. The second-order valence-electron chi connectivity index (χ2n) is 6.26. The lowest BCUT2D eigenvalue weighted by molar-refractivity contribution is -0.143. The molecule has 4 N–H and O–H groups in total. The van der Waals surface area contributed by atoms with Crippen LogP contribution >= 0.6 is 0 Å². The van der Waals surface area contributed by atoms with Crippen molar-refractivity contribution in [1.82, 2.24) is 5.32 Å². The third kappa shape index (κ3) is 5.58. The van der Waals surface area contributed by atoms with E-state index in [4.69, 9.17) is 10.6 Å². The van der Waals surface area contributed by atoms with E-state index in [0.717, 1.165) is 5.56 Å². The largest absolute Gasteiger partial charge is 0.466 e. The highest BCUT2D eigenvalue weighted by Crippen LogP contribution is 2.39. The van der Waals surface area contributed by atoms with E-state index in [2.05, 4.69) is 15.7 Å². The highest BCUT2D eigenvalue weighted by atomic mass is 16.5. The van der Waals surface area contributed by atoms with Crippen molar-refractivity contribution in [1.29, 1.82) is 0 Å². The Labute approximate surface area is 152 Å². The van der Waals surface area contributed by atoms with Crippen LogP contribution in [0.2, 0.25) is 0 Å². The molecule has 2 amide bonds. The minimum absolute atomic E-state index is 0.113. The average Bonchev–Trinajstić information content (AvgIpc) is 3.38. The van der Waals surface area contributed by atoms with Crippen LogP contribution in [0.4, 0.5) is 5.69 Å². The SMILES string of the molecule is CCOC(=O)CC(C)NC(=O)C1CC1C(=O)Nc1ccc(C=NN)cc1. The number of amides is 2. The molecule has 26 heavy (non-hydrogen) atoms. The predicted octanol–water partition coefficient (Wildman–Crippen LogP) is 1.01. The summed E-state index contributed by atoms with van der Waals surface area (Å²) >= 11 is 0. The summed E-state index contributed by atoms with van der Waals surface area (Å²) in [5.41, 5.74) is 1.47. The van der Waals surface area contributed by atoms with E-state index < -0.39 is 0 Å². The van der Waals surface area contributed by atoms with Crippen molar-refractivity contribution >= 4 is 29.7 Å². The molecule has 1 aromatic carbocycles. The molecule has 3 unspecified atom stereocenters. The third-order valence-electron chi connectivity index (χ3n) is 4.03. The molecule has 0 radical (unpaired) electrons. The summed E-state index contributed by atoms with van der Waals surface area (Å²) in [6, 6.07) is 6.71. The number of carbonyl (C=O) groups excluding carboxylic acids is 3. The van der Waals surface area contributed by atoms with Crippen molar-refractivity contribution in [2.24, 2.45) is 22.8 Å². The highest BCUT2D eigenvalue weighted by Gasteiger charge is 2.48. The quantitative estimate of drug-likeness (QED) is 0.276. The zero-order chi connectivity index (χ0) is 19.1. The van der Waals surface area contributed by atoms with Crippen LogP contribution in [-0.2, 0) is 19.1 Å². The normalized spacial score (nSPS) is 19.6. The summed E-state index contributed by atoms with van der Waals surface area (Å²) in [5.74, 6) is 3.62. The lowest BCUT2D eigenvalue weighted by atomic mass is 10.2. The van der Waals surface area contributed by atoms with Gasteiger partial charge >= 0.3 is 5.97 Å². The van der Waals surface area contributed by atoms with Gasteiger partial charge in [0.05, 0.1) is 31.1 Å². The van der Waals surface area contributed by atoms with E-state index in [9.17, 15) is 14.4 Å². The van der Waals surface area contributed by atoms with Crippen molar-refractivity contribution in [3.8, 4) is 0 Å². The first-order valence-corrected chi connectivity index (χ1v) is 8.54. The Kier molecular flexibility index (Phi) is 6.71. The van der Waals surface area contributed by atoms with Crippen LogP contribution in [0.15, 0.2) is 29.4 Å². The number of hydrogen-bond donors (Lipinski definition) is 3. The Hall–Kier alpha value is -2.90. The molecule has 8 nitrogen and oxygen atoms in total. The average molecular weight is 360 g/mol. The van der Waals surface area contributed by atoms with Gasteiger partial charge in [0, 0.05) is 11.7 Å². The summed E-state index contributed by atoms with van der Waals surface area (Å²) in [5, 5.41) is 8.98. The smallest absolute Gasteiger partial charge is 0.307 e. The summed E-state index contributed by atoms with van der Waals surface area (Å²) < 4.78 is 4.85. The number of rotatable bonds is 8. The standard InChI is InChI=1S/C18H24N4O4/c1-3-26-16(23)8-11(2)21-17(24)14-9-15(14)18(25)22-13-6-4-12(5-7-13)10-20-19/h4-7,10-11,14-15H,3,8-9,19H2,1-2H3,(H,21,24)(H,22,25). The van der Waals surface area contributed by atoms with Gasteiger partial charge in [-0.05, 0) is 38.0 Å². The molecule has 1 fully saturated rings. The van der Waals surface area contributed by atoms with Crippen molar-refractivity contribution in [3.05, 3.63) is 29.8 Å². The van der Waals surface area contributed by atoms with Crippen LogP contribution in [0.1, 0.15) is 32.3 Å². The molecule has 1 saturated carbocycles. The molecular weight excluding hydrogens is 336 g/mol. The lowest BCUT2D eigenvalue weighted by Gasteiger charge is -2.13. The minimum Gasteiger partial charge on any atom is -0.466 e. The minimum atomic E-state index is -0.358. The Morgan fingerprint density at radius 3 is 2.54 bits per heavy atom. The zero-order valence-electron chi connectivity index (χ0n) is 14.9. The molecule has 0 saturated heterocycles. The second-order valence-corrected chi connectivity index (χ2v) is 6.26. The van der Waals surface area contributed by atoms with Crippen LogP contribution in [0.3, 0.4) is 0 Å². The molecule has 1 aliphatic rings. The molecule has 1 aliphatic carbocycles. The second kappa shape index (κ2) is 8.98. The van der Waals surface area contributed by atoms with Gasteiger partial charge in [-0.15, -0.1) is 0 Å². The molecular formula is C18H24N4O4. The van der Waals surface area contributed by atoms with Gasteiger partial charge in [0.2, 0.25) is 11.8 Å². The summed E-state index contributed by atoms with van der Waals surface area (Å²) in [6.07, 6.45) is 2.12. The summed E-state index contributed by atoms with van der Waals surface area (Å²) in [6.45, 7) is 3.77. The number of benzene rings is 1. The molecule has 2 rings (SSSR count). The number of anilines is 1. The van der Waals surface area contributed by atoms with Crippen molar-refractivity contribution in [2.45, 2.75) is 32.7 Å². The number of nitrogens with one attached hydrogen (secondary N) is 2. The molecule has 1 aromatic rings. The van der Waals surface area contributed by atoms with Crippen molar-refractivity contribution in [2.75, 3.05) is 11.9 Å². The number of carbonyl (C=O) groups is 3. The Bertz CT molecular complexity index is 687. The first-order valence-electron chi connectivity index (χ1n) is 8.54. The van der Waals surface area contributed by atoms with E-state index in [0.29, 0.717) is 18.7 Å². The van der Waals surface area contributed by atoms with Gasteiger partial charge in [-0.25, -0.2) is 0 Å². The van der Waals surface area contributed by atoms with Gasteiger partial charge in [0.15, 0.2) is 0 Å². The Morgan fingerprint density at radius 1 is 1.27 bits per heavy atom. The number of nitrogens with two attached hydrogens (primary N) is 1. The van der Waals surface area contributed by atoms with E-state index in [1.165, 1.54) is 6.21 Å². The molecule has 3 atom stereocenters. The van der Waals surface area contributed by atoms with Crippen LogP contribution in [0.25, 0.3) is 0 Å². The summed E-state index contributed by atoms with van der Waals surface area (Å²) in [7, 11) is 0. The van der Waals surface area contributed by atoms with Gasteiger partial charge in [0.1, 0.15) is 0 Å². The van der Waals surface area contributed by atoms with E-state index in [-0.39, 0.29) is 42.1 Å². The number of hydrogen-bond acceptors (Lipinski definition) is 6. The maximum Gasteiger partial charge on any atom is 0.307 e. The first kappa shape index (κ1) is 19.4. The molecule has 8 heteroatoms. The Morgan fingerprint density at radius 2 is 1.92 bits per heavy atom. The van der Waals surface area contributed by atoms with E-state index in [1.807, 2.05) is 0 Å². The van der Waals surface area contributed by atoms with Crippen LogP contribution in [0, 0.1) is 11.8 Å². The molecule has 140 valence electrons. The fourth-order valence-electron chi connectivity index (χ4n) is 2.62. The van der Waals surface area contributed by atoms with Gasteiger partial charge in [0.25, 0.3) is 0 Å². The maximum absolute atomic E-state index is 12.2. The number of nitrogens with zero attached hydrogens (tertiary/aromatic N) is 1. The number of esters is 1. The molecule has 0 spiro atoms. The van der Waals surface area contributed by atoms with Crippen LogP contribution in [-0.4, -0.2) is 36.6 Å². The molecule has 0 aliphatic heterocycles. The number of hydrazone groups is 1. The number of ether oxygens (including phenoxy) is 1. The summed E-state index contributed by atoms with van der Waals surface area (Å²) in [4.78, 5) is 35.8. The third-order valence-corrected chi connectivity index (χ3v) is 4.03. The highest BCUT2D eigenvalue weighted by molar-refractivity contribution is 5.99. The van der Waals surface area contributed by atoms with E-state index in [1.54, 1.807) is 38.1 Å². The van der Waals surface area contributed by atoms with Gasteiger partial charge in [-0.1, -0.05) is 12.1 Å². The monoisotopic (exact) mass is 360 g/mol. The molecule has 0 heterocycles.